The van der Waals surface area contributed by atoms with Crippen LogP contribution < -0.4 is 10.6 Å². The molecule has 14 heavy (non-hydrogen) atoms. The van der Waals surface area contributed by atoms with Gasteiger partial charge in [0.2, 0.25) is 0 Å². The molecule has 82 valence electrons. The molecule has 2 aliphatic rings. The van der Waals surface area contributed by atoms with Crippen molar-refractivity contribution in [3.63, 3.8) is 0 Å². The molecule has 2 N–H and O–H groups in total. The largest absolute Gasteiger partial charge is 0.314 e. The van der Waals surface area contributed by atoms with E-state index < -0.39 is 0 Å². The summed E-state index contributed by atoms with van der Waals surface area (Å²) in [4.78, 5) is 2.60. The first kappa shape index (κ1) is 10.4. The predicted octanol–water partition coefficient (Wildman–Crippen LogP) is 0.280. The standard InChI is InChI=1S/C11H23N3/c1-10(6-13-11-7-12-8-11)9-14-4-2-3-5-14/h10-13H,2-9H2,1H3. The summed E-state index contributed by atoms with van der Waals surface area (Å²) in [5.41, 5.74) is 0. The number of nitrogens with one attached hydrogen (secondary N) is 2. The summed E-state index contributed by atoms with van der Waals surface area (Å²) in [7, 11) is 0. The van der Waals surface area contributed by atoms with Crippen LogP contribution in [0, 0.1) is 5.92 Å². The zero-order valence-corrected chi connectivity index (χ0v) is 9.26. The average molecular weight is 197 g/mol. The van der Waals surface area contributed by atoms with Gasteiger partial charge in [-0.05, 0) is 38.4 Å². The van der Waals surface area contributed by atoms with Crippen molar-refractivity contribution in [1.29, 1.82) is 0 Å². The van der Waals surface area contributed by atoms with Gasteiger partial charge >= 0.3 is 0 Å². The molecule has 1 atom stereocenters. The Labute approximate surface area is 87.2 Å². The highest BCUT2D eigenvalue weighted by Crippen LogP contribution is 2.09. The monoisotopic (exact) mass is 197 g/mol. The zero-order valence-electron chi connectivity index (χ0n) is 9.26. The van der Waals surface area contributed by atoms with Crippen molar-refractivity contribution >= 4 is 0 Å². The molecule has 2 rings (SSSR count). The van der Waals surface area contributed by atoms with E-state index in [-0.39, 0.29) is 0 Å². The maximum atomic E-state index is 3.60. The summed E-state index contributed by atoms with van der Waals surface area (Å²) in [5.74, 6) is 0.800. The molecule has 3 heteroatoms. The number of likely N-dealkylation sites (tertiary alicyclic amines) is 1. The highest BCUT2D eigenvalue weighted by Gasteiger charge is 2.18. The van der Waals surface area contributed by atoms with Gasteiger partial charge in [0.1, 0.15) is 0 Å². The van der Waals surface area contributed by atoms with Crippen molar-refractivity contribution in [2.24, 2.45) is 5.92 Å². The topological polar surface area (TPSA) is 27.3 Å². The Hall–Kier alpha value is -0.120. The third-order valence-corrected chi connectivity index (χ3v) is 3.31. The van der Waals surface area contributed by atoms with E-state index in [1.807, 2.05) is 0 Å². The van der Waals surface area contributed by atoms with Crippen LogP contribution in [0.1, 0.15) is 19.8 Å². The van der Waals surface area contributed by atoms with Crippen molar-refractivity contribution in [2.45, 2.75) is 25.8 Å². The van der Waals surface area contributed by atoms with E-state index in [4.69, 9.17) is 0 Å². The SMILES string of the molecule is CC(CNC1CNC1)CN1CCCC1. The maximum absolute atomic E-state index is 3.60. The minimum absolute atomic E-state index is 0.746. The fourth-order valence-corrected chi connectivity index (χ4v) is 2.27. The Bertz CT molecular complexity index is 162. The number of hydrogen-bond acceptors (Lipinski definition) is 3. The van der Waals surface area contributed by atoms with Crippen LogP contribution in [0.25, 0.3) is 0 Å². The van der Waals surface area contributed by atoms with Crippen LogP contribution in [-0.2, 0) is 0 Å². The number of rotatable bonds is 5. The second-order valence-electron chi connectivity index (χ2n) is 4.88. The van der Waals surface area contributed by atoms with Gasteiger partial charge in [-0.25, -0.2) is 0 Å². The van der Waals surface area contributed by atoms with E-state index >= 15 is 0 Å². The van der Waals surface area contributed by atoms with E-state index in [0.717, 1.165) is 25.0 Å². The Morgan fingerprint density at radius 3 is 2.64 bits per heavy atom. The van der Waals surface area contributed by atoms with Gasteiger partial charge in [-0.1, -0.05) is 6.92 Å². The molecule has 0 aromatic carbocycles. The zero-order chi connectivity index (χ0) is 9.80. The first-order valence-corrected chi connectivity index (χ1v) is 6.01. The van der Waals surface area contributed by atoms with Gasteiger partial charge in [-0.15, -0.1) is 0 Å². The van der Waals surface area contributed by atoms with Crippen LogP contribution in [-0.4, -0.2) is 50.2 Å². The first-order chi connectivity index (χ1) is 6.84. The lowest BCUT2D eigenvalue weighted by atomic mass is 10.1. The van der Waals surface area contributed by atoms with Gasteiger partial charge < -0.3 is 15.5 Å². The van der Waals surface area contributed by atoms with E-state index in [0.29, 0.717) is 0 Å². The van der Waals surface area contributed by atoms with Crippen molar-refractivity contribution in [3.8, 4) is 0 Å². The van der Waals surface area contributed by atoms with Gasteiger partial charge in [0, 0.05) is 25.7 Å². The van der Waals surface area contributed by atoms with Gasteiger partial charge in [0.15, 0.2) is 0 Å². The van der Waals surface area contributed by atoms with Crippen LogP contribution in [0.5, 0.6) is 0 Å². The van der Waals surface area contributed by atoms with Crippen LogP contribution >= 0.6 is 0 Å². The second kappa shape index (κ2) is 5.10. The summed E-state index contributed by atoms with van der Waals surface area (Å²) in [6.45, 7) is 9.81. The maximum Gasteiger partial charge on any atom is 0.0317 e. The quantitative estimate of drug-likeness (QED) is 0.663. The van der Waals surface area contributed by atoms with Crippen LogP contribution in [0.15, 0.2) is 0 Å². The molecule has 0 saturated carbocycles. The number of nitrogens with zero attached hydrogens (tertiary/aromatic N) is 1. The molecule has 0 bridgehead atoms. The molecule has 2 saturated heterocycles. The molecule has 0 spiro atoms. The normalized spacial score (nSPS) is 26.4. The predicted molar refractivity (Wildman–Crippen MR) is 59.5 cm³/mol. The average Bonchev–Trinajstić information content (AvgIpc) is 2.54. The molecule has 3 nitrogen and oxygen atoms in total. The summed E-state index contributed by atoms with van der Waals surface area (Å²) < 4.78 is 0. The van der Waals surface area contributed by atoms with Crippen molar-refractivity contribution in [2.75, 3.05) is 39.3 Å². The minimum Gasteiger partial charge on any atom is -0.314 e. The van der Waals surface area contributed by atoms with Crippen LogP contribution in [0.2, 0.25) is 0 Å². The third kappa shape index (κ3) is 2.94. The highest BCUT2D eigenvalue weighted by molar-refractivity contribution is 4.82. The van der Waals surface area contributed by atoms with E-state index in [2.05, 4.69) is 22.5 Å². The summed E-state index contributed by atoms with van der Waals surface area (Å²) >= 11 is 0. The molecule has 0 amide bonds. The fraction of sp³-hybridized carbons (Fsp3) is 1.00. The van der Waals surface area contributed by atoms with Crippen molar-refractivity contribution in [3.05, 3.63) is 0 Å². The van der Waals surface area contributed by atoms with Gasteiger partial charge in [-0.3, -0.25) is 0 Å². The Morgan fingerprint density at radius 1 is 1.36 bits per heavy atom. The van der Waals surface area contributed by atoms with Crippen molar-refractivity contribution < 1.29 is 0 Å². The molecule has 0 aliphatic carbocycles. The van der Waals surface area contributed by atoms with Gasteiger partial charge in [-0.2, -0.15) is 0 Å². The smallest absolute Gasteiger partial charge is 0.0317 e. The lowest BCUT2D eigenvalue weighted by Gasteiger charge is -2.30. The minimum atomic E-state index is 0.746. The Balaban J connectivity index is 1.55. The molecular weight excluding hydrogens is 174 g/mol. The van der Waals surface area contributed by atoms with Gasteiger partial charge in [0.25, 0.3) is 0 Å². The van der Waals surface area contributed by atoms with E-state index in [1.165, 1.54) is 39.0 Å². The number of hydrogen-bond donors (Lipinski definition) is 2. The molecule has 0 radical (unpaired) electrons. The fourth-order valence-electron chi connectivity index (χ4n) is 2.27. The van der Waals surface area contributed by atoms with E-state index in [9.17, 15) is 0 Å². The second-order valence-corrected chi connectivity index (χ2v) is 4.88. The van der Waals surface area contributed by atoms with E-state index in [1.54, 1.807) is 0 Å². The van der Waals surface area contributed by atoms with Crippen LogP contribution in [0.3, 0.4) is 0 Å². The Kier molecular flexibility index (Phi) is 3.79. The Morgan fingerprint density at radius 2 is 2.07 bits per heavy atom. The molecule has 0 aromatic rings. The molecule has 1 unspecified atom stereocenters. The third-order valence-electron chi connectivity index (χ3n) is 3.31. The molecular formula is C11H23N3. The van der Waals surface area contributed by atoms with Crippen molar-refractivity contribution in [1.82, 2.24) is 15.5 Å². The first-order valence-electron chi connectivity index (χ1n) is 6.01. The van der Waals surface area contributed by atoms with Crippen LogP contribution in [0.4, 0.5) is 0 Å². The highest BCUT2D eigenvalue weighted by atomic mass is 15.1. The molecule has 2 aliphatic heterocycles. The summed E-state index contributed by atoms with van der Waals surface area (Å²) in [6.07, 6.45) is 2.82. The van der Waals surface area contributed by atoms with Gasteiger partial charge in [0.05, 0.1) is 0 Å². The molecule has 0 aromatic heterocycles. The molecule has 2 heterocycles. The molecule has 2 fully saturated rings. The summed E-state index contributed by atoms with van der Waals surface area (Å²) in [5, 5.41) is 6.89. The summed E-state index contributed by atoms with van der Waals surface area (Å²) in [6, 6.07) is 0.746. The lowest BCUT2D eigenvalue weighted by Crippen LogP contribution is -2.56. The lowest BCUT2D eigenvalue weighted by molar-refractivity contribution is 0.266.